The summed E-state index contributed by atoms with van der Waals surface area (Å²) < 4.78 is 6.76. The predicted octanol–water partition coefficient (Wildman–Crippen LogP) is 5.19. The zero-order valence-electron chi connectivity index (χ0n) is 14.1. The number of rotatable bonds is 9. The summed E-state index contributed by atoms with van der Waals surface area (Å²) in [7, 11) is 0. The Kier molecular flexibility index (Phi) is 7.75. The van der Waals surface area contributed by atoms with E-state index in [-0.39, 0.29) is 0 Å². The molecule has 1 aromatic carbocycles. The van der Waals surface area contributed by atoms with Gasteiger partial charge in [0.15, 0.2) is 0 Å². The van der Waals surface area contributed by atoms with Gasteiger partial charge in [0.2, 0.25) is 0 Å². The van der Waals surface area contributed by atoms with Crippen LogP contribution in [0, 0.1) is 5.41 Å². The van der Waals surface area contributed by atoms with Crippen LogP contribution in [0.25, 0.3) is 0 Å². The number of nitrogens with one attached hydrogen (secondary N) is 1. The van der Waals surface area contributed by atoms with E-state index in [0.717, 1.165) is 36.2 Å². The standard InChI is InChI=1S/C18H30BrNO/c1-6-11-21-17-8-7-15(12-16(17)19)9-10-18(4,5)13-20-14(2)3/h7-8,12,14,20H,6,9-11,13H2,1-5H3. The molecular weight excluding hydrogens is 326 g/mol. The van der Waals surface area contributed by atoms with Gasteiger partial charge in [-0.1, -0.05) is 40.7 Å². The van der Waals surface area contributed by atoms with Crippen molar-refractivity contribution in [3.05, 3.63) is 28.2 Å². The van der Waals surface area contributed by atoms with E-state index >= 15 is 0 Å². The molecule has 0 saturated carbocycles. The van der Waals surface area contributed by atoms with Crippen molar-refractivity contribution in [2.75, 3.05) is 13.2 Å². The van der Waals surface area contributed by atoms with Crippen LogP contribution >= 0.6 is 15.9 Å². The number of halogens is 1. The Hall–Kier alpha value is -0.540. The van der Waals surface area contributed by atoms with Gasteiger partial charge in [0, 0.05) is 12.6 Å². The van der Waals surface area contributed by atoms with Crippen LogP contribution in [-0.4, -0.2) is 19.2 Å². The molecule has 0 radical (unpaired) electrons. The van der Waals surface area contributed by atoms with E-state index in [1.54, 1.807) is 0 Å². The Morgan fingerprint density at radius 3 is 2.57 bits per heavy atom. The number of ether oxygens (including phenoxy) is 1. The van der Waals surface area contributed by atoms with Crippen molar-refractivity contribution >= 4 is 15.9 Å². The van der Waals surface area contributed by atoms with Gasteiger partial charge >= 0.3 is 0 Å². The lowest BCUT2D eigenvalue weighted by Gasteiger charge is -2.26. The maximum Gasteiger partial charge on any atom is 0.133 e. The van der Waals surface area contributed by atoms with Gasteiger partial charge in [-0.15, -0.1) is 0 Å². The molecule has 1 N–H and O–H groups in total. The summed E-state index contributed by atoms with van der Waals surface area (Å²) >= 11 is 3.61. The van der Waals surface area contributed by atoms with Crippen LogP contribution in [0.5, 0.6) is 5.75 Å². The predicted molar refractivity (Wildman–Crippen MR) is 95.2 cm³/mol. The average molecular weight is 356 g/mol. The van der Waals surface area contributed by atoms with Crippen LogP contribution in [0.2, 0.25) is 0 Å². The first-order valence-corrected chi connectivity index (χ1v) is 8.78. The van der Waals surface area contributed by atoms with Gasteiger partial charge in [0.25, 0.3) is 0 Å². The summed E-state index contributed by atoms with van der Waals surface area (Å²) in [6.45, 7) is 13.0. The summed E-state index contributed by atoms with van der Waals surface area (Å²) in [5, 5.41) is 3.54. The third-order valence-corrected chi connectivity index (χ3v) is 4.16. The molecule has 0 aromatic heterocycles. The van der Waals surface area contributed by atoms with Crippen molar-refractivity contribution in [1.29, 1.82) is 0 Å². The van der Waals surface area contributed by atoms with E-state index in [1.807, 2.05) is 0 Å². The second-order valence-corrected chi connectivity index (χ2v) is 7.67. The largest absolute Gasteiger partial charge is 0.492 e. The van der Waals surface area contributed by atoms with E-state index in [4.69, 9.17) is 4.74 Å². The second-order valence-electron chi connectivity index (χ2n) is 6.81. The average Bonchev–Trinajstić information content (AvgIpc) is 2.42. The highest BCUT2D eigenvalue weighted by atomic mass is 79.9. The molecule has 120 valence electrons. The Morgan fingerprint density at radius 2 is 2.00 bits per heavy atom. The maximum atomic E-state index is 5.69. The molecule has 0 aliphatic carbocycles. The monoisotopic (exact) mass is 355 g/mol. The normalized spacial score (nSPS) is 12.0. The first-order valence-electron chi connectivity index (χ1n) is 7.98. The van der Waals surface area contributed by atoms with Crippen molar-refractivity contribution in [2.24, 2.45) is 5.41 Å². The van der Waals surface area contributed by atoms with Gasteiger partial charge in [-0.25, -0.2) is 0 Å². The molecule has 0 aliphatic heterocycles. The quantitative estimate of drug-likeness (QED) is 0.657. The molecular formula is C18H30BrNO. The molecule has 1 aromatic rings. The van der Waals surface area contributed by atoms with Crippen molar-refractivity contribution in [3.8, 4) is 5.75 Å². The van der Waals surface area contributed by atoms with Crippen molar-refractivity contribution in [1.82, 2.24) is 5.32 Å². The first kappa shape index (κ1) is 18.5. The molecule has 0 bridgehead atoms. The molecule has 0 fully saturated rings. The number of hydrogen-bond donors (Lipinski definition) is 1. The van der Waals surface area contributed by atoms with Crippen LogP contribution in [0.3, 0.4) is 0 Å². The molecule has 2 nitrogen and oxygen atoms in total. The fraction of sp³-hybridized carbons (Fsp3) is 0.667. The van der Waals surface area contributed by atoms with Crippen LogP contribution in [-0.2, 0) is 6.42 Å². The van der Waals surface area contributed by atoms with Gasteiger partial charge in [-0.3, -0.25) is 0 Å². The van der Waals surface area contributed by atoms with Gasteiger partial charge in [-0.05, 0) is 58.3 Å². The highest BCUT2D eigenvalue weighted by Crippen LogP contribution is 2.28. The lowest BCUT2D eigenvalue weighted by atomic mass is 9.86. The lowest BCUT2D eigenvalue weighted by Crippen LogP contribution is -2.34. The SMILES string of the molecule is CCCOc1ccc(CCC(C)(C)CNC(C)C)cc1Br. The van der Waals surface area contributed by atoms with Gasteiger partial charge in [-0.2, -0.15) is 0 Å². The minimum Gasteiger partial charge on any atom is -0.492 e. The summed E-state index contributed by atoms with van der Waals surface area (Å²) in [6.07, 6.45) is 3.30. The molecule has 0 spiro atoms. The lowest BCUT2D eigenvalue weighted by molar-refractivity contribution is 0.303. The van der Waals surface area contributed by atoms with E-state index < -0.39 is 0 Å². The topological polar surface area (TPSA) is 21.3 Å². The van der Waals surface area contributed by atoms with E-state index in [1.165, 1.54) is 12.0 Å². The van der Waals surface area contributed by atoms with E-state index in [2.05, 4.69) is 74.1 Å². The highest BCUT2D eigenvalue weighted by molar-refractivity contribution is 9.10. The van der Waals surface area contributed by atoms with Gasteiger partial charge in [0.1, 0.15) is 5.75 Å². The summed E-state index contributed by atoms with van der Waals surface area (Å²) in [6, 6.07) is 7.00. The zero-order chi connectivity index (χ0) is 15.9. The fourth-order valence-corrected chi connectivity index (χ4v) is 2.62. The van der Waals surface area contributed by atoms with Crippen molar-refractivity contribution in [2.45, 2.75) is 59.9 Å². The Balaban J connectivity index is 2.53. The van der Waals surface area contributed by atoms with Crippen LogP contribution in [0.4, 0.5) is 0 Å². The van der Waals surface area contributed by atoms with E-state index in [9.17, 15) is 0 Å². The molecule has 3 heteroatoms. The fourth-order valence-electron chi connectivity index (χ4n) is 2.08. The van der Waals surface area contributed by atoms with Crippen molar-refractivity contribution < 1.29 is 4.74 Å². The van der Waals surface area contributed by atoms with Gasteiger partial charge < -0.3 is 10.1 Å². The molecule has 0 heterocycles. The summed E-state index contributed by atoms with van der Waals surface area (Å²) in [5.41, 5.74) is 1.68. The van der Waals surface area contributed by atoms with Crippen molar-refractivity contribution in [3.63, 3.8) is 0 Å². The summed E-state index contributed by atoms with van der Waals surface area (Å²) in [4.78, 5) is 0. The number of hydrogen-bond acceptors (Lipinski definition) is 2. The van der Waals surface area contributed by atoms with Crippen LogP contribution < -0.4 is 10.1 Å². The third-order valence-electron chi connectivity index (χ3n) is 3.54. The third kappa shape index (κ3) is 7.32. The Bertz CT molecular complexity index is 429. The molecule has 0 amide bonds. The molecule has 0 saturated heterocycles. The highest BCUT2D eigenvalue weighted by Gasteiger charge is 2.18. The Morgan fingerprint density at radius 1 is 1.29 bits per heavy atom. The molecule has 0 unspecified atom stereocenters. The first-order chi connectivity index (χ1) is 9.84. The van der Waals surface area contributed by atoms with Gasteiger partial charge in [0.05, 0.1) is 11.1 Å². The molecule has 1 rings (SSSR count). The molecule has 0 aliphatic rings. The minimum absolute atomic E-state index is 0.314. The van der Waals surface area contributed by atoms with Crippen LogP contribution in [0.1, 0.15) is 53.0 Å². The second kappa shape index (κ2) is 8.79. The minimum atomic E-state index is 0.314. The number of benzene rings is 1. The summed E-state index contributed by atoms with van der Waals surface area (Å²) in [5.74, 6) is 0.946. The van der Waals surface area contributed by atoms with Crippen LogP contribution in [0.15, 0.2) is 22.7 Å². The van der Waals surface area contributed by atoms with E-state index in [0.29, 0.717) is 11.5 Å². The number of aryl methyl sites for hydroxylation is 1. The maximum absolute atomic E-state index is 5.69. The molecule has 0 atom stereocenters. The smallest absolute Gasteiger partial charge is 0.133 e. The molecule has 21 heavy (non-hydrogen) atoms. The Labute approximate surface area is 138 Å². The zero-order valence-corrected chi connectivity index (χ0v) is 15.7.